The van der Waals surface area contributed by atoms with Gasteiger partial charge in [0.25, 0.3) is 0 Å². The van der Waals surface area contributed by atoms with E-state index in [0.29, 0.717) is 24.1 Å². The Balaban J connectivity index is 2.38. The molecule has 0 aliphatic heterocycles. The van der Waals surface area contributed by atoms with Crippen molar-refractivity contribution in [3.8, 4) is 5.88 Å². The molecule has 0 radical (unpaired) electrons. The summed E-state index contributed by atoms with van der Waals surface area (Å²) in [5, 5.41) is 23.8. The van der Waals surface area contributed by atoms with Crippen molar-refractivity contribution in [2.75, 3.05) is 20.6 Å². The molecule has 2 aromatic rings. The highest BCUT2D eigenvalue weighted by atomic mass is 16.3. The van der Waals surface area contributed by atoms with Crippen LogP contribution in [-0.2, 0) is 0 Å². The van der Waals surface area contributed by atoms with Gasteiger partial charge in [-0.1, -0.05) is 80.5 Å². The normalized spacial score (nSPS) is 15.9. The second-order valence-corrected chi connectivity index (χ2v) is 9.52. The average molecular weight is 469 g/mol. The number of aliphatic hydroxyl groups is 1. The minimum Gasteiger partial charge on any atom is -0.493 e. The van der Waals surface area contributed by atoms with Crippen molar-refractivity contribution in [1.29, 1.82) is 0 Å². The van der Waals surface area contributed by atoms with E-state index in [4.69, 9.17) is 0 Å². The second-order valence-electron chi connectivity index (χ2n) is 9.52. The van der Waals surface area contributed by atoms with Crippen LogP contribution in [0.15, 0.2) is 84.4 Å². The summed E-state index contributed by atoms with van der Waals surface area (Å²) in [5.41, 5.74) is 9.77. The van der Waals surface area contributed by atoms with Gasteiger partial charge in [-0.3, -0.25) is 0 Å². The Bertz CT molecular complexity index is 1240. The molecule has 1 aromatic heterocycles. The summed E-state index contributed by atoms with van der Waals surface area (Å²) in [6.45, 7) is 10.8. The van der Waals surface area contributed by atoms with E-state index in [9.17, 15) is 10.2 Å². The van der Waals surface area contributed by atoms with Gasteiger partial charge in [-0.15, -0.1) is 0 Å². The van der Waals surface area contributed by atoms with Gasteiger partial charge < -0.3 is 15.1 Å². The van der Waals surface area contributed by atoms with Crippen LogP contribution >= 0.6 is 0 Å². The lowest BCUT2D eigenvalue weighted by molar-refractivity contribution is 0.0657. The first-order valence-corrected chi connectivity index (χ1v) is 12.1. The van der Waals surface area contributed by atoms with Crippen molar-refractivity contribution in [3.05, 3.63) is 107 Å². The minimum atomic E-state index is -1.43. The summed E-state index contributed by atoms with van der Waals surface area (Å²) < 4.78 is 0. The standard InChI is InChI=1S/C31H36N2O2/c1-7-9-13-23(8-2)29(27-20-25(22(3)4)21-32-30(27)34)31(35,18-19-33(5)6)28-17-12-15-24-14-10-11-16-26(24)28/h7-11,13-16,20-22,29,35H,2,18-19H2,1,3-6H3,(H,32,34)/b9-7-,23-13+. The van der Waals surface area contributed by atoms with Gasteiger partial charge in [-0.2, -0.15) is 0 Å². The third-order valence-corrected chi connectivity index (χ3v) is 6.45. The topological polar surface area (TPSA) is 56.6 Å². The molecule has 1 aromatic carbocycles. The van der Waals surface area contributed by atoms with Crippen LogP contribution in [-0.4, -0.2) is 46.3 Å². The molecule has 2 unspecified atom stereocenters. The van der Waals surface area contributed by atoms with Crippen LogP contribution < -0.4 is 0 Å². The molecule has 0 fully saturated rings. The summed E-state index contributed by atoms with van der Waals surface area (Å²) >= 11 is 0. The predicted octanol–water partition coefficient (Wildman–Crippen LogP) is 6.23. The quantitative estimate of drug-likeness (QED) is 0.321. The summed E-state index contributed by atoms with van der Waals surface area (Å²) in [4.78, 5) is 6.36. The SMILES string of the molecule is C=C/C(=C\C=C/C)C(c1cc(C(C)C)cnc1O)C(O)(CCN(C)C)C1=C=C=Cc2ccccc21. The average Bonchev–Trinajstić information content (AvgIpc) is 2.85. The predicted molar refractivity (Wildman–Crippen MR) is 145 cm³/mol. The lowest BCUT2D eigenvalue weighted by Crippen LogP contribution is -2.41. The Kier molecular flexibility index (Phi) is 8.51. The van der Waals surface area contributed by atoms with Crippen molar-refractivity contribution in [3.63, 3.8) is 0 Å². The zero-order chi connectivity index (χ0) is 25.6. The van der Waals surface area contributed by atoms with Crippen LogP contribution in [0.5, 0.6) is 5.88 Å². The van der Waals surface area contributed by atoms with E-state index in [1.807, 2.05) is 80.6 Å². The maximum absolute atomic E-state index is 12.8. The third kappa shape index (κ3) is 5.65. The fourth-order valence-corrected chi connectivity index (χ4v) is 4.47. The molecule has 2 N–H and O–H groups in total. The largest absolute Gasteiger partial charge is 0.493 e. The van der Waals surface area contributed by atoms with Crippen molar-refractivity contribution in [2.45, 2.75) is 44.6 Å². The van der Waals surface area contributed by atoms with E-state index in [2.05, 4.69) is 36.9 Å². The zero-order valence-corrected chi connectivity index (χ0v) is 21.4. The number of hydrogen-bond acceptors (Lipinski definition) is 4. The Morgan fingerprint density at radius 2 is 2.00 bits per heavy atom. The molecular weight excluding hydrogens is 432 g/mol. The van der Waals surface area contributed by atoms with Crippen molar-refractivity contribution in [2.24, 2.45) is 0 Å². The van der Waals surface area contributed by atoms with Gasteiger partial charge in [0.2, 0.25) is 5.88 Å². The molecule has 4 heteroatoms. The summed E-state index contributed by atoms with van der Waals surface area (Å²) in [6.07, 6.45) is 11.5. The molecule has 2 atom stereocenters. The van der Waals surface area contributed by atoms with Crippen LogP contribution in [0.4, 0.5) is 0 Å². The molecule has 0 bridgehead atoms. The fraction of sp³-hybridized carbons (Fsp3) is 0.323. The first-order valence-electron chi connectivity index (χ1n) is 12.1. The van der Waals surface area contributed by atoms with E-state index >= 15 is 0 Å². The van der Waals surface area contributed by atoms with Crippen LogP contribution in [0.1, 0.15) is 61.3 Å². The Morgan fingerprint density at radius 1 is 1.26 bits per heavy atom. The number of fused-ring (bicyclic) bond motifs is 1. The van der Waals surface area contributed by atoms with Crippen LogP contribution in [0, 0.1) is 0 Å². The fourth-order valence-electron chi connectivity index (χ4n) is 4.47. The number of nitrogens with zero attached hydrogens (tertiary/aromatic N) is 2. The van der Waals surface area contributed by atoms with E-state index < -0.39 is 11.5 Å². The van der Waals surface area contributed by atoms with E-state index in [1.54, 1.807) is 12.3 Å². The number of benzene rings is 1. The van der Waals surface area contributed by atoms with E-state index in [-0.39, 0.29) is 11.8 Å². The molecule has 0 saturated carbocycles. The number of aromatic hydroxyl groups is 1. The highest BCUT2D eigenvalue weighted by molar-refractivity contribution is 5.82. The van der Waals surface area contributed by atoms with Gasteiger partial charge in [0.15, 0.2) is 0 Å². The van der Waals surface area contributed by atoms with Gasteiger partial charge >= 0.3 is 0 Å². The third-order valence-electron chi connectivity index (χ3n) is 6.45. The summed E-state index contributed by atoms with van der Waals surface area (Å²) in [6, 6.07) is 9.90. The van der Waals surface area contributed by atoms with Crippen LogP contribution in [0.2, 0.25) is 0 Å². The van der Waals surface area contributed by atoms with Gasteiger partial charge in [-0.25, -0.2) is 4.98 Å². The number of allylic oxidation sites excluding steroid dienone is 4. The van der Waals surface area contributed by atoms with Gasteiger partial charge in [0.05, 0.1) is 0 Å². The lowest BCUT2D eigenvalue weighted by Gasteiger charge is -2.40. The molecule has 1 aliphatic rings. The molecule has 1 aliphatic carbocycles. The number of aromatic nitrogens is 1. The van der Waals surface area contributed by atoms with Crippen LogP contribution in [0.3, 0.4) is 0 Å². The first-order chi connectivity index (χ1) is 16.7. The molecular formula is C31H36N2O2. The van der Waals surface area contributed by atoms with E-state index in [1.165, 1.54) is 0 Å². The van der Waals surface area contributed by atoms with Gasteiger partial charge in [-0.05, 0) is 67.8 Å². The monoisotopic (exact) mass is 468 g/mol. The molecule has 0 amide bonds. The number of pyridine rings is 1. The maximum Gasteiger partial charge on any atom is 0.214 e. The van der Waals surface area contributed by atoms with Crippen LogP contribution in [0.25, 0.3) is 11.6 Å². The van der Waals surface area contributed by atoms with Crippen molar-refractivity contribution in [1.82, 2.24) is 9.88 Å². The minimum absolute atomic E-state index is 0.0971. The molecule has 35 heavy (non-hydrogen) atoms. The van der Waals surface area contributed by atoms with Gasteiger partial charge in [0.1, 0.15) is 5.60 Å². The smallest absolute Gasteiger partial charge is 0.214 e. The Hall–Kier alpha value is -3.39. The molecule has 182 valence electrons. The highest BCUT2D eigenvalue weighted by Gasteiger charge is 2.45. The molecule has 4 nitrogen and oxygen atoms in total. The Morgan fingerprint density at radius 3 is 2.66 bits per heavy atom. The molecule has 3 rings (SSSR count). The second kappa shape index (κ2) is 11.4. The number of rotatable bonds is 10. The maximum atomic E-state index is 12.8. The van der Waals surface area contributed by atoms with Gasteiger partial charge in [0, 0.05) is 29.8 Å². The molecule has 1 heterocycles. The van der Waals surface area contributed by atoms with Crippen molar-refractivity contribution >= 4 is 11.6 Å². The summed E-state index contributed by atoms with van der Waals surface area (Å²) in [5.74, 6) is -0.528. The summed E-state index contributed by atoms with van der Waals surface area (Å²) in [7, 11) is 3.97. The molecule has 0 saturated heterocycles. The highest BCUT2D eigenvalue weighted by Crippen LogP contribution is 2.49. The molecule has 0 spiro atoms. The van der Waals surface area contributed by atoms with Crippen molar-refractivity contribution < 1.29 is 10.2 Å². The van der Waals surface area contributed by atoms with E-state index in [0.717, 1.165) is 22.3 Å². The number of hydrogen-bond donors (Lipinski definition) is 2. The Labute approximate surface area is 209 Å². The lowest BCUT2D eigenvalue weighted by atomic mass is 9.68. The zero-order valence-electron chi connectivity index (χ0n) is 21.4. The first kappa shape index (κ1) is 26.2.